The first-order chi connectivity index (χ1) is 8.24. The van der Waals surface area contributed by atoms with E-state index in [0.29, 0.717) is 6.04 Å². The third kappa shape index (κ3) is 6.06. The average Bonchev–Trinajstić information content (AvgIpc) is 2.57. The summed E-state index contributed by atoms with van der Waals surface area (Å²) in [6, 6.07) is 0.366. The number of nitrogens with one attached hydrogen (secondary N) is 2. The van der Waals surface area contributed by atoms with Gasteiger partial charge >= 0.3 is 0 Å². The van der Waals surface area contributed by atoms with Crippen molar-refractivity contribution >= 4 is 5.91 Å². The van der Waals surface area contributed by atoms with Crippen molar-refractivity contribution in [1.29, 1.82) is 0 Å². The van der Waals surface area contributed by atoms with Crippen molar-refractivity contribution < 1.29 is 4.79 Å². The summed E-state index contributed by atoms with van der Waals surface area (Å²) in [4.78, 5) is 12.0. The fourth-order valence-corrected chi connectivity index (χ4v) is 2.37. The summed E-state index contributed by atoms with van der Waals surface area (Å²) in [7, 11) is 0. The van der Waals surface area contributed by atoms with Crippen LogP contribution in [0.15, 0.2) is 0 Å². The maximum atomic E-state index is 12.0. The number of amides is 1. The first-order valence-corrected chi connectivity index (χ1v) is 7.27. The van der Waals surface area contributed by atoms with Gasteiger partial charge in [0.15, 0.2) is 0 Å². The SMILES string of the molecule is CCCCCC(C)NC(=O)C1CCCCCN1. The zero-order valence-corrected chi connectivity index (χ0v) is 11.4. The lowest BCUT2D eigenvalue weighted by molar-refractivity contribution is -0.123. The van der Waals surface area contributed by atoms with Gasteiger partial charge in [-0.15, -0.1) is 0 Å². The molecule has 1 amide bonds. The highest BCUT2D eigenvalue weighted by Gasteiger charge is 2.20. The largest absolute Gasteiger partial charge is 0.352 e. The average molecular weight is 240 g/mol. The highest BCUT2D eigenvalue weighted by atomic mass is 16.2. The summed E-state index contributed by atoms with van der Waals surface area (Å²) in [6.45, 7) is 5.31. The van der Waals surface area contributed by atoms with E-state index in [0.717, 1.165) is 19.4 Å². The number of hydrogen-bond acceptors (Lipinski definition) is 2. The van der Waals surface area contributed by atoms with E-state index >= 15 is 0 Å². The van der Waals surface area contributed by atoms with E-state index in [-0.39, 0.29) is 11.9 Å². The van der Waals surface area contributed by atoms with E-state index in [1.807, 2.05) is 0 Å². The van der Waals surface area contributed by atoms with Crippen LogP contribution in [0.25, 0.3) is 0 Å². The minimum atomic E-state index is 0.0473. The van der Waals surface area contributed by atoms with Gasteiger partial charge in [0.25, 0.3) is 0 Å². The predicted molar refractivity (Wildman–Crippen MR) is 72.0 cm³/mol. The molecule has 2 unspecified atom stereocenters. The van der Waals surface area contributed by atoms with E-state index < -0.39 is 0 Å². The molecule has 1 rings (SSSR count). The summed E-state index contributed by atoms with van der Waals surface area (Å²) < 4.78 is 0. The number of carbonyl (C=O) groups excluding carboxylic acids is 1. The molecule has 2 atom stereocenters. The highest BCUT2D eigenvalue weighted by molar-refractivity contribution is 5.81. The molecule has 0 aliphatic carbocycles. The molecule has 1 aliphatic heterocycles. The second-order valence-corrected chi connectivity index (χ2v) is 5.26. The van der Waals surface area contributed by atoms with Crippen molar-refractivity contribution in [1.82, 2.24) is 10.6 Å². The lowest BCUT2D eigenvalue weighted by atomic mass is 10.1. The van der Waals surface area contributed by atoms with Gasteiger partial charge in [-0.2, -0.15) is 0 Å². The molecule has 1 fully saturated rings. The minimum absolute atomic E-state index is 0.0473. The monoisotopic (exact) mass is 240 g/mol. The van der Waals surface area contributed by atoms with Crippen LogP contribution >= 0.6 is 0 Å². The molecular weight excluding hydrogens is 212 g/mol. The molecule has 1 saturated heterocycles. The number of unbranched alkanes of at least 4 members (excludes halogenated alkanes) is 2. The molecule has 1 aliphatic rings. The fraction of sp³-hybridized carbons (Fsp3) is 0.929. The van der Waals surface area contributed by atoms with E-state index in [1.165, 1.54) is 38.5 Å². The molecule has 1 heterocycles. The Morgan fingerprint density at radius 2 is 2.18 bits per heavy atom. The second-order valence-electron chi connectivity index (χ2n) is 5.26. The molecule has 0 bridgehead atoms. The Hall–Kier alpha value is -0.570. The van der Waals surface area contributed by atoms with Crippen LogP contribution in [0.4, 0.5) is 0 Å². The normalized spacial score (nSPS) is 22.8. The summed E-state index contributed by atoms with van der Waals surface area (Å²) in [6.07, 6.45) is 9.45. The Kier molecular flexibility index (Phi) is 7.25. The van der Waals surface area contributed by atoms with Crippen molar-refractivity contribution in [3.05, 3.63) is 0 Å². The summed E-state index contributed by atoms with van der Waals surface area (Å²) in [5.41, 5.74) is 0. The van der Waals surface area contributed by atoms with E-state index in [9.17, 15) is 4.79 Å². The molecule has 17 heavy (non-hydrogen) atoms. The lowest BCUT2D eigenvalue weighted by Gasteiger charge is -2.19. The number of carbonyl (C=O) groups is 1. The quantitative estimate of drug-likeness (QED) is 0.701. The molecule has 3 heteroatoms. The topological polar surface area (TPSA) is 41.1 Å². The molecule has 0 saturated carbocycles. The first kappa shape index (κ1) is 14.5. The van der Waals surface area contributed by atoms with Gasteiger partial charge in [0, 0.05) is 6.04 Å². The van der Waals surface area contributed by atoms with Crippen molar-refractivity contribution in [2.45, 2.75) is 77.3 Å². The van der Waals surface area contributed by atoms with Gasteiger partial charge in [0.05, 0.1) is 6.04 Å². The Morgan fingerprint density at radius 1 is 1.35 bits per heavy atom. The Labute approximate surface area is 106 Å². The van der Waals surface area contributed by atoms with Crippen molar-refractivity contribution in [3.63, 3.8) is 0 Å². The molecule has 0 aromatic rings. The molecule has 0 aromatic carbocycles. The summed E-state index contributed by atoms with van der Waals surface area (Å²) >= 11 is 0. The Morgan fingerprint density at radius 3 is 2.94 bits per heavy atom. The zero-order chi connectivity index (χ0) is 12.5. The van der Waals surface area contributed by atoms with E-state index in [4.69, 9.17) is 0 Å². The van der Waals surface area contributed by atoms with Crippen molar-refractivity contribution in [3.8, 4) is 0 Å². The molecule has 100 valence electrons. The maximum absolute atomic E-state index is 12.0. The number of rotatable bonds is 6. The highest BCUT2D eigenvalue weighted by Crippen LogP contribution is 2.09. The van der Waals surface area contributed by atoms with Crippen LogP contribution in [0.1, 0.15) is 65.2 Å². The smallest absolute Gasteiger partial charge is 0.237 e. The van der Waals surface area contributed by atoms with E-state index in [1.54, 1.807) is 0 Å². The predicted octanol–water partition coefficient (Wildman–Crippen LogP) is 2.60. The maximum Gasteiger partial charge on any atom is 0.237 e. The van der Waals surface area contributed by atoms with Gasteiger partial charge in [-0.25, -0.2) is 0 Å². The van der Waals surface area contributed by atoms with Crippen LogP contribution in [-0.4, -0.2) is 24.5 Å². The van der Waals surface area contributed by atoms with Gasteiger partial charge in [-0.1, -0.05) is 39.0 Å². The lowest BCUT2D eigenvalue weighted by Crippen LogP contribution is -2.46. The second kappa shape index (κ2) is 8.51. The van der Waals surface area contributed by atoms with Gasteiger partial charge in [-0.3, -0.25) is 4.79 Å². The molecular formula is C14H28N2O. The zero-order valence-electron chi connectivity index (χ0n) is 11.4. The third-order valence-electron chi connectivity index (χ3n) is 3.51. The van der Waals surface area contributed by atoms with E-state index in [2.05, 4.69) is 24.5 Å². The van der Waals surface area contributed by atoms with Gasteiger partial charge < -0.3 is 10.6 Å². The van der Waals surface area contributed by atoms with Gasteiger partial charge in [-0.05, 0) is 32.7 Å². The fourth-order valence-electron chi connectivity index (χ4n) is 2.37. The molecule has 3 nitrogen and oxygen atoms in total. The standard InChI is InChI=1S/C14H28N2O/c1-3-4-6-9-12(2)16-14(17)13-10-7-5-8-11-15-13/h12-13,15H,3-11H2,1-2H3,(H,16,17). The Bertz CT molecular complexity index is 210. The molecule has 2 N–H and O–H groups in total. The van der Waals surface area contributed by atoms with Gasteiger partial charge in [0.2, 0.25) is 5.91 Å². The van der Waals surface area contributed by atoms with Crippen LogP contribution < -0.4 is 10.6 Å². The first-order valence-electron chi connectivity index (χ1n) is 7.27. The minimum Gasteiger partial charge on any atom is -0.352 e. The summed E-state index contributed by atoms with van der Waals surface area (Å²) in [5.74, 6) is 0.205. The van der Waals surface area contributed by atoms with Crippen LogP contribution in [-0.2, 0) is 4.79 Å². The van der Waals surface area contributed by atoms with Crippen LogP contribution in [0.5, 0.6) is 0 Å². The Balaban J connectivity index is 2.21. The van der Waals surface area contributed by atoms with Crippen LogP contribution in [0.3, 0.4) is 0 Å². The van der Waals surface area contributed by atoms with Gasteiger partial charge in [0.1, 0.15) is 0 Å². The molecule has 0 radical (unpaired) electrons. The van der Waals surface area contributed by atoms with Crippen LogP contribution in [0.2, 0.25) is 0 Å². The molecule has 0 spiro atoms. The summed E-state index contributed by atoms with van der Waals surface area (Å²) in [5, 5.41) is 6.48. The van der Waals surface area contributed by atoms with Crippen molar-refractivity contribution in [2.75, 3.05) is 6.54 Å². The molecule has 0 aromatic heterocycles. The number of hydrogen-bond donors (Lipinski definition) is 2. The van der Waals surface area contributed by atoms with Crippen LogP contribution in [0, 0.1) is 0 Å². The van der Waals surface area contributed by atoms with Crippen molar-refractivity contribution in [2.24, 2.45) is 0 Å². The third-order valence-corrected chi connectivity index (χ3v) is 3.51.